The monoisotopic (exact) mass is 208 g/mol. The number of pyridine rings is 1. The van der Waals surface area contributed by atoms with E-state index in [-0.39, 0.29) is 5.54 Å². The maximum atomic E-state index is 5.96. The molecule has 0 aliphatic heterocycles. The van der Waals surface area contributed by atoms with Gasteiger partial charge in [0, 0.05) is 6.20 Å². The number of nitrogens with zero attached hydrogens (tertiary/aromatic N) is 1. The zero-order valence-electron chi connectivity index (χ0n) is 10.8. The Morgan fingerprint density at radius 3 is 2.20 bits per heavy atom. The van der Waals surface area contributed by atoms with Crippen molar-refractivity contribution in [3.05, 3.63) is 29.6 Å². The van der Waals surface area contributed by atoms with Gasteiger partial charge in [-0.1, -0.05) is 27.7 Å². The van der Waals surface area contributed by atoms with Gasteiger partial charge in [0.1, 0.15) is 0 Å². The first-order valence-corrected chi connectivity index (χ1v) is 5.66. The van der Waals surface area contributed by atoms with Crippen LogP contribution in [0.1, 0.15) is 58.7 Å². The quantitative estimate of drug-likeness (QED) is 0.808. The molecule has 2 heteroatoms. The summed E-state index contributed by atoms with van der Waals surface area (Å²) in [4.78, 5) is 4.27. The van der Waals surface area contributed by atoms with E-state index in [9.17, 15) is 0 Å². The second-order valence-electron chi connectivity index (χ2n) is 4.35. The molecule has 15 heavy (non-hydrogen) atoms. The van der Waals surface area contributed by atoms with E-state index in [0.29, 0.717) is 5.92 Å². The molecule has 2 nitrogen and oxygen atoms in total. The Hall–Kier alpha value is -0.890. The van der Waals surface area contributed by atoms with Gasteiger partial charge in [-0.2, -0.15) is 0 Å². The lowest BCUT2D eigenvalue weighted by Gasteiger charge is -2.19. The van der Waals surface area contributed by atoms with Gasteiger partial charge < -0.3 is 5.73 Å². The summed E-state index contributed by atoms with van der Waals surface area (Å²) in [6, 6.07) is 4.13. The molecule has 0 spiro atoms. The van der Waals surface area contributed by atoms with Crippen molar-refractivity contribution in [2.75, 3.05) is 0 Å². The lowest BCUT2D eigenvalue weighted by atomic mass is 9.96. The first-order valence-electron chi connectivity index (χ1n) is 5.66. The maximum absolute atomic E-state index is 5.96. The van der Waals surface area contributed by atoms with Crippen LogP contribution in [0.15, 0.2) is 18.3 Å². The Morgan fingerprint density at radius 2 is 1.80 bits per heavy atom. The molecule has 0 saturated carbocycles. The summed E-state index contributed by atoms with van der Waals surface area (Å²) in [5.74, 6) is 0.532. The first kappa shape index (κ1) is 14.1. The van der Waals surface area contributed by atoms with Crippen molar-refractivity contribution in [2.45, 2.75) is 53.0 Å². The van der Waals surface area contributed by atoms with Gasteiger partial charge >= 0.3 is 0 Å². The van der Waals surface area contributed by atoms with Crippen LogP contribution in [-0.2, 0) is 5.54 Å². The van der Waals surface area contributed by atoms with Crippen molar-refractivity contribution in [3.63, 3.8) is 0 Å². The van der Waals surface area contributed by atoms with Gasteiger partial charge in [0.05, 0.1) is 11.2 Å². The van der Waals surface area contributed by atoms with E-state index < -0.39 is 0 Å². The molecule has 0 atom stereocenters. The van der Waals surface area contributed by atoms with Gasteiger partial charge in [0.2, 0.25) is 0 Å². The zero-order valence-corrected chi connectivity index (χ0v) is 10.8. The van der Waals surface area contributed by atoms with E-state index >= 15 is 0 Å². The highest BCUT2D eigenvalue weighted by Crippen LogP contribution is 2.19. The Labute approximate surface area is 93.9 Å². The zero-order chi connectivity index (χ0) is 12.1. The van der Waals surface area contributed by atoms with Crippen LogP contribution in [0.4, 0.5) is 0 Å². The van der Waals surface area contributed by atoms with Gasteiger partial charge in [-0.15, -0.1) is 0 Å². The smallest absolute Gasteiger partial charge is 0.0599 e. The van der Waals surface area contributed by atoms with Crippen molar-refractivity contribution in [1.82, 2.24) is 4.98 Å². The van der Waals surface area contributed by atoms with Crippen molar-refractivity contribution in [1.29, 1.82) is 0 Å². The molecular weight excluding hydrogens is 184 g/mol. The Kier molecular flexibility index (Phi) is 5.51. The van der Waals surface area contributed by atoms with Gasteiger partial charge in [-0.3, -0.25) is 4.98 Å². The van der Waals surface area contributed by atoms with E-state index in [1.54, 1.807) is 0 Å². The number of nitrogens with two attached hydrogens (primary N) is 1. The van der Waals surface area contributed by atoms with E-state index in [4.69, 9.17) is 5.73 Å². The highest BCUT2D eigenvalue weighted by Gasteiger charge is 2.16. The average molecular weight is 208 g/mol. The molecule has 0 fully saturated rings. The SMILES string of the molecule is CC.CC(C)c1ccnc(C(C)(C)N)c1. The fourth-order valence-corrected chi connectivity index (χ4v) is 1.16. The summed E-state index contributed by atoms with van der Waals surface area (Å²) in [5.41, 5.74) is 7.87. The largest absolute Gasteiger partial charge is 0.321 e. The lowest BCUT2D eigenvalue weighted by Crippen LogP contribution is -2.29. The molecule has 0 radical (unpaired) electrons. The van der Waals surface area contributed by atoms with Crippen LogP contribution in [0.5, 0.6) is 0 Å². The van der Waals surface area contributed by atoms with E-state index in [1.807, 2.05) is 40.0 Å². The third-order valence-electron chi connectivity index (χ3n) is 2.11. The predicted molar refractivity (Wildman–Crippen MR) is 66.9 cm³/mol. The lowest BCUT2D eigenvalue weighted by molar-refractivity contribution is 0.533. The van der Waals surface area contributed by atoms with Crippen molar-refractivity contribution in [2.24, 2.45) is 5.73 Å². The van der Waals surface area contributed by atoms with Crippen LogP contribution in [0.3, 0.4) is 0 Å². The topological polar surface area (TPSA) is 38.9 Å². The molecule has 0 saturated heterocycles. The maximum Gasteiger partial charge on any atom is 0.0599 e. The molecule has 1 heterocycles. The Balaban J connectivity index is 0.000000921. The van der Waals surface area contributed by atoms with Gasteiger partial charge in [0.25, 0.3) is 0 Å². The number of aromatic nitrogens is 1. The highest BCUT2D eigenvalue weighted by molar-refractivity contribution is 5.23. The average Bonchev–Trinajstić information content (AvgIpc) is 2.20. The minimum absolute atomic E-state index is 0.342. The Morgan fingerprint density at radius 1 is 1.27 bits per heavy atom. The summed E-state index contributed by atoms with van der Waals surface area (Å²) >= 11 is 0. The van der Waals surface area contributed by atoms with Gasteiger partial charge in [0.15, 0.2) is 0 Å². The molecule has 0 aromatic carbocycles. The van der Waals surface area contributed by atoms with E-state index in [2.05, 4.69) is 24.9 Å². The number of rotatable bonds is 2. The molecule has 0 aliphatic rings. The molecule has 86 valence electrons. The fraction of sp³-hybridized carbons (Fsp3) is 0.615. The summed E-state index contributed by atoms with van der Waals surface area (Å²) in [6.07, 6.45) is 1.83. The van der Waals surface area contributed by atoms with Crippen molar-refractivity contribution < 1.29 is 0 Å². The summed E-state index contributed by atoms with van der Waals surface area (Å²) in [6.45, 7) is 12.3. The molecule has 0 unspecified atom stereocenters. The molecular formula is C13H24N2. The number of hydrogen-bond donors (Lipinski definition) is 1. The number of hydrogen-bond acceptors (Lipinski definition) is 2. The van der Waals surface area contributed by atoms with E-state index in [1.165, 1.54) is 5.56 Å². The summed E-state index contributed by atoms with van der Waals surface area (Å²) in [7, 11) is 0. The molecule has 0 bridgehead atoms. The second kappa shape index (κ2) is 5.86. The molecule has 0 amide bonds. The van der Waals surface area contributed by atoms with Crippen LogP contribution >= 0.6 is 0 Å². The van der Waals surface area contributed by atoms with Crippen LogP contribution in [-0.4, -0.2) is 4.98 Å². The van der Waals surface area contributed by atoms with Crippen LogP contribution < -0.4 is 5.73 Å². The normalized spacial score (nSPS) is 10.9. The molecule has 1 aromatic rings. The van der Waals surface area contributed by atoms with Gasteiger partial charge in [-0.25, -0.2) is 0 Å². The summed E-state index contributed by atoms with van der Waals surface area (Å²) < 4.78 is 0. The minimum atomic E-state index is -0.342. The van der Waals surface area contributed by atoms with Crippen LogP contribution in [0.2, 0.25) is 0 Å². The minimum Gasteiger partial charge on any atom is -0.321 e. The fourth-order valence-electron chi connectivity index (χ4n) is 1.16. The molecule has 0 aliphatic carbocycles. The van der Waals surface area contributed by atoms with Crippen molar-refractivity contribution >= 4 is 0 Å². The standard InChI is InChI=1S/C11H18N2.C2H6/c1-8(2)9-5-6-13-10(7-9)11(3,4)12;1-2/h5-8H,12H2,1-4H3;1-2H3. The van der Waals surface area contributed by atoms with Crippen molar-refractivity contribution in [3.8, 4) is 0 Å². The Bertz CT molecular complexity index is 285. The molecule has 1 rings (SSSR count). The third-order valence-corrected chi connectivity index (χ3v) is 2.11. The third kappa shape index (κ3) is 4.43. The second-order valence-corrected chi connectivity index (χ2v) is 4.35. The van der Waals surface area contributed by atoms with Crippen LogP contribution in [0.25, 0.3) is 0 Å². The predicted octanol–water partition coefficient (Wildman–Crippen LogP) is 3.43. The summed E-state index contributed by atoms with van der Waals surface area (Å²) in [5, 5.41) is 0. The van der Waals surface area contributed by atoms with Gasteiger partial charge in [-0.05, 0) is 37.5 Å². The first-order chi connectivity index (χ1) is 6.91. The highest BCUT2D eigenvalue weighted by atomic mass is 14.8. The molecule has 2 N–H and O–H groups in total. The van der Waals surface area contributed by atoms with Crippen LogP contribution in [0, 0.1) is 0 Å². The molecule has 1 aromatic heterocycles. The van der Waals surface area contributed by atoms with E-state index in [0.717, 1.165) is 5.69 Å².